The van der Waals surface area contributed by atoms with Crippen molar-refractivity contribution in [3.8, 4) is 6.07 Å². The Morgan fingerprint density at radius 2 is 1.77 bits per heavy atom. The van der Waals surface area contributed by atoms with Crippen molar-refractivity contribution in [1.82, 2.24) is 0 Å². The largest absolute Gasteiger partial charge is 0.416 e. The third-order valence-electron chi connectivity index (χ3n) is 3.24. The lowest BCUT2D eigenvalue weighted by atomic mass is 10.0. The SMILES string of the molecule is N#Cc1ccc(CCC(=O)c2cccc(C(F)(F)F)c2)cc1. The number of nitriles is 1. The number of alkyl halides is 3. The average molecular weight is 303 g/mol. The molecular formula is C17H12F3NO. The van der Waals surface area contributed by atoms with Gasteiger partial charge in [0.05, 0.1) is 17.2 Å². The van der Waals surface area contributed by atoms with Crippen molar-refractivity contribution in [1.29, 1.82) is 5.26 Å². The van der Waals surface area contributed by atoms with Crippen molar-refractivity contribution in [2.45, 2.75) is 19.0 Å². The molecule has 0 fully saturated rings. The van der Waals surface area contributed by atoms with Crippen molar-refractivity contribution in [2.24, 2.45) is 0 Å². The molecule has 2 nitrogen and oxygen atoms in total. The summed E-state index contributed by atoms with van der Waals surface area (Å²) in [6, 6.07) is 13.2. The fourth-order valence-corrected chi connectivity index (χ4v) is 2.02. The quantitative estimate of drug-likeness (QED) is 0.786. The summed E-state index contributed by atoms with van der Waals surface area (Å²) in [5.41, 5.74) is 0.618. The Morgan fingerprint density at radius 3 is 2.36 bits per heavy atom. The number of hydrogen-bond acceptors (Lipinski definition) is 2. The minimum absolute atomic E-state index is 0.0588. The molecule has 2 rings (SSSR count). The van der Waals surface area contributed by atoms with Crippen LogP contribution in [0.4, 0.5) is 13.2 Å². The van der Waals surface area contributed by atoms with Crippen molar-refractivity contribution in [2.75, 3.05) is 0 Å². The lowest BCUT2D eigenvalue weighted by Crippen LogP contribution is -2.08. The van der Waals surface area contributed by atoms with Gasteiger partial charge in [-0.15, -0.1) is 0 Å². The maximum Gasteiger partial charge on any atom is 0.416 e. The number of benzene rings is 2. The van der Waals surface area contributed by atoms with E-state index in [1.54, 1.807) is 24.3 Å². The maximum atomic E-state index is 12.6. The molecule has 0 bridgehead atoms. The summed E-state index contributed by atoms with van der Waals surface area (Å²) < 4.78 is 37.8. The zero-order chi connectivity index (χ0) is 16.2. The van der Waals surface area contributed by atoms with Crippen LogP contribution in [0.15, 0.2) is 48.5 Å². The van der Waals surface area contributed by atoms with Gasteiger partial charge in [-0.3, -0.25) is 4.79 Å². The summed E-state index contributed by atoms with van der Waals surface area (Å²) in [6.45, 7) is 0. The molecule has 0 aliphatic heterocycles. The first-order chi connectivity index (χ1) is 10.4. The molecule has 0 heterocycles. The Balaban J connectivity index is 2.04. The van der Waals surface area contributed by atoms with Gasteiger partial charge in [-0.1, -0.05) is 24.3 Å². The van der Waals surface area contributed by atoms with Gasteiger partial charge in [0, 0.05) is 12.0 Å². The van der Waals surface area contributed by atoms with Crippen LogP contribution in [0.3, 0.4) is 0 Å². The molecule has 0 atom stereocenters. The predicted molar refractivity (Wildman–Crippen MR) is 75.3 cm³/mol. The smallest absolute Gasteiger partial charge is 0.294 e. The van der Waals surface area contributed by atoms with E-state index in [1.165, 1.54) is 12.1 Å². The van der Waals surface area contributed by atoms with Gasteiger partial charge in [0.2, 0.25) is 0 Å². The minimum atomic E-state index is -4.45. The average Bonchev–Trinajstić information content (AvgIpc) is 2.52. The van der Waals surface area contributed by atoms with Crippen LogP contribution in [0, 0.1) is 11.3 Å². The first kappa shape index (κ1) is 15.8. The third-order valence-corrected chi connectivity index (χ3v) is 3.24. The number of rotatable bonds is 4. The Morgan fingerprint density at radius 1 is 1.09 bits per heavy atom. The maximum absolute atomic E-state index is 12.6. The molecule has 0 unspecified atom stereocenters. The highest BCUT2D eigenvalue weighted by atomic mass is 19.4. The zero-order valence-corrected chi connectivity index (χ0v) is 11.5. The van der Waals surface area contributed by atoms with E-state index >= 15 is 0 Å². The number of nitrogens with zero attached hydrogens (tertiary/aromatic N) is 1. The van der Waals surface area contributed by atoms with Gasteiger partial charge in [0.1, 0.15) is 0 Å². The molecule has 0 N–H and O–H groups in total. The zero-order valence-electron chi connectivity index (χ0n) is 11.5. The molecule has 0 aliphatic carbocycles. The Hall–Kier alpha value is -2.61. The monoisotopic (exact) mass is 303 g/mol. The first-order valence-electron chi connectivity index (χ1n) is 6.59. The van der Waals surface area contributed by atoms with Crippen LogP contribution >= 0.6 is 0 Å². The summed E-state index contributed by atoms with van der Waals surface area (Å²) in [5.74, 6) is -0.338. The molecule has 2 aromatic rings. The van der Waals surface area contributed by atoms with Crippen molar-refractivity contribution >= 4 is 5.78 Å². The standard InChI is InChI=1S/C17H12F3NO/c18-17(19,20)15-3-1-2-14(10-15)16(22)9-8-12-4-6-13(11-21)7-5-12/h1-7,10H,8-9H2. The van der Waals surface area contributed by atoms with Gasteiger partial charge >= 0.3 is 6.18 Å². The highest BCUT2D eigenvalue weighted by Gasteiger charge is 2.30. The molecule has 0 aromatic heterocycles. The van der Waals surface area contributed by atoms with Crippen molar-refractivity contribution in [3.63, 3.8) is 0 Å². The number of ketones is 1. The van der Waals surface area contributed by atoms with Crippen LogP contribution < -0.4 is 0 Å². The van der Waals surface area contributed by atoms with Crippen molar-refractivity contribution in [3.05, 3.63) is 70.8 Å². The molecule has 0 spiro atoms. The minimum Gasteiger partial charge on any atom is -0.294 e. The third kappa shape index (κ3) is 3.95. The Kier molecular flexibility index (Phi) is 4.62. The number of carbonyl (C=O) groups excluding carboxylic acids is 1. The lowest BCUT2D eigenvalue weighted by molar-refractivity contribution is -0.137. The fourth-order valence-electron chi connectivity index (χ4n) is 2.02. The molecule has 2 aromatic carbocycles. The van der Waals surface area contributed by atoms with E-state index < -0.39 is 11.7 Å². The van der Waals surface area contributed by atoms with E-state index in [1.807, 2.05) is 6.07 Å². The Labute approximate surface area is 125 Å². The normalized spacial score (nSPS) is 11.0. The van der Waals surface area contributed by atoms with Crippen LogP contribution in [0.2, 0.25) is 0 Å². The van der Waals surface area contributed by atoms with Gasteiger partial charge in [-0.05, 0) is 36.2 Å². The summed E-state index contributed by atoms with van der Waals surface area (Å²) in [4.78, 5) is 12.0. The Bertz CT molecular complexity index is 712. The van der Waals surface area contributed by atoms with E-state index in [0.717, 1.165) is 17.7 Å². The van der Waals surface area contributed by atoms with E-state index in [2.05, 4.69) is 0 Å². The van der Waals surface area contributed by atoms with E-state index in [4.69, 9.17) is 5.26 Å². The van der Waals surface area contributed by atoms with Gasteiger partial charge in [0.15, 0.2) is 5.78 Å². The number of carbonyl (C=O) groups is 1. The molecule has 0 saturated heterocycles. The van der Waals surface area contributed by atoms with Gasteiger partial charge in [-0.25, -0.2) is 0 Å². The van der Waals surface area contributed by atoms with Crippen LogP contribution in [0.25, 0.3) is 0 Å². The van der Waals surface area contributed by atoms with Crippen molar-refractivity contribution < 1.29 is 18.0 Å². The fraction of sp³-hybridized carbons (Fsp3) is 0.176. The van der Waals surface area contributed by atoms with E-state index in [9.17, 15) is 18.0 Å². The van der Waals surface area contributed by atoms with Crippen LogP contribution in [0.1, 0.15) is 33.5 Å². The second kappa shape index (κ2) is 6.44. The molecule has 5 heteroatoms. The van der Waals surface area contributed by atoms with E-state index in [0.29, 0.717) is 12.0 Å². The highest BCUT2D eigenvalue weighted by Crippen LogP contribution is 2.29. The highest BCUT2D eigenvalue weighted by molar-refractivity contribution is 5.96. The van der Waals surface area contributed by atoms with Crippen LogP contribution in [-0.4, -0.2) is 5.78 Å². The van der Waals surface area contributed by atoms with E-state index in [-0.39, 0.29) is 17.8 Å². The number of Topliss-reactive ketones (excluding diaryl/α,β-unsaturated/α-hetero) is 1. The van der Waals surface area contributed by atoms with Crippen LogP contribution in [0.5, 0.6) is 0 Å². The summed E-state index contributed by atoms with van der Waals surface area (Å²) in [5, 5.41) is 8.69. The van der Waals surface area contributed by atoms with Crippen LogP contribution in [-0.2, 0) is 12.6 Å². The molecule has 22 heavy (non-hydrogen) atoms. The summed E-state index contributed by atoms with van der Waals surface area (Å²) in [7, 11) is 0. The molecular weight excluding hydrogens is 291 g/mol. The second-order valence-electron chi connectivity index (χ2n) is 4.81. The van der Waals surface area contributed by atoms with Gasteiger partial charge in [-0.2, -0.15) is 18.4 Å². The van der Waals surface area contributed by atoms with Gasteiger partial charge < -0.3 is 0 Å². The predicted octanol–water partition coefficient (Wildman–Crippen LogP) is 4.39. The number of hydrogen-bond donors (Lipinski definition) is 0. The molecule has 0 amide bonds. The second-order valence-corrected chi connectivity index (χ2v) is 4.81. The summed E-state index contributed by atoms with van der Waals surface area (Å²) in [6.07, 6.45) is -3.92. The van der Waals surface area contributed by atoms with Gasteiger partial charge in [0.25, 0.3) is 0 Å². The first-order valence-corrected chi connectivity index (χ1v) is 6.59. The topological polar surface area (TPSA) is 40.9 Å². The molecule has 0 saturated carbocycles. The number of halogens is 3. The molecule has 112 valence electrons. The number of aryl methyl sites for hydroxylation is 1. The molecule has 0 radical (unpaired) electrons. The summed E-state index contributed by atoms with van der Waals surface area (Å²) >= 11 is 0. The molecule has 0 aliphatic rings. The lowest BCUT2D eigenvalue weighted by Gasteiger charge is -2.08.